The zero-order valence-electron chi connectivity index (χ0n) is 18.6. The second-order valence-electron chi connectivity index (χ2n) is 7.82. The molecular weight excluding hydrogens is 503 g/mol. The lowest BCUT2D eigenvalue weighted by atomic mass is 10.1. The number of aryl methyl sites for hydroxylation is 1. The van der Waals surface area contributed by atoms with E-state index in [-0.39, 0.29) is 18.1 Å². The lowest BCUT2D eigenvalue weighted by Crippen LogP contribution is -2.30. The molecule has 0 spiro atoms. The van der Waals surface area contributed by atoms with E-state index in [0.29, 0.717) is 33.7 Å². The van der Waals surface area contributed by atoms with Crippen molar-refractivity contribution in [1.82, 2.24) is 10.2 Å². The van der Waals surface area contributed by atoms with Crippen molar-refractivity contribution >= 4 is 33.9 Å². The molecule has 3 amide bonds. The van der Waals surface area contributed by atoms with Crippen LogP contribution in [0.3, 0.4) is 0 Å². The van der Waals surface area contributed by atoms with Crippen LogP contribution in [0.15, 0.2) is 70.8 Å². The Morgan fingerprint density at radius 2 is 1.82 bits per heavy atom. The Labute approximate surface area is 205 Å². The van der Waals surface area contributed by atoms with Crippen LogP contribution in [0.4, 0.5) is 9.18 Å². The average molecular weight is 525 g/mol. The predicted octanol–water partition coefficient (Wildman–Crippen LogP) is 5.58. The van der Waals surface area contributed by atoms with E-state index in [1.54, 1.807) is 18.2 Å². The number of hydrogen-bond acceptors (Lipinski definition) is 4. The summed E-state index contributed by atoms with van der Waals surface area (Å²) in [5, 5.41) is 2.59. The molecular formula is C26H22BrFN2O4. The van der Waals surface area contributed by atoms with Crippen LogP contribution in [-0.2, 0) is 17.9 Å². The van der Waals surface area contributed by atoms with Gasteiger partial charge >= 0.3 is 6.03 Å². The molecule has 0 unspecified atom stereocenters. The van der Waals surface area contributed by atoms with Gasteiger partial charge in [-0.3, -0.25) is 9.69 Å². The Balaban J connectivity index is 1.53. The quantitative estimate of drug-likeness (QED) is 0.323. The zero-order chi connectivity index (χ0) is 24.2. The number of halogens is 2. The Hall–Kier alpha value is -3.65. The van der Waals surface area contributed by atoms with Crippen molar-refractivity contribution < 1.29 is 23.5 Å². The molecule has 1 fully saturated rings. The molecule has 0 aliphatic carbocycles. The van der Waals surface area contributed by atoms with Crippen LogP contribution in [-0.4, -0.2) is 23.9 Å². The van der Waals surface area contributed by atoms with Gasteiger partial charge in [0.25, 0.3) is 5.91 Å². The molecule has 0 radical (unpaired) electrons. The summed E-state index contributed by atoms with van der Waals surface area (Å²) in [7, 11) is 1.53. The van der Waals surface area contributed by atoms with Crippen molar-refractivity contribution in [3.05, 3.63) is 98.9 Å². The van der Waals surface area contributed by atoms with Crippen molar-refractivity contribution in [3.63, 3.8) is 0 Å². The highest BCUT2D eigenvalue weighted by Gasteiger charge is 2.33. The monoisotopic (exact) mass is 524 g/mol. The Morgan fingerprint density at radius 1 is 1.06 bits per heavy atom. The number of benzene rings is 3. The number of carbonyl (C=O) groups excluding carboxylic acids is 2. The number of imide groups is 1. The Morgan fingerprint density at radius 3 is 2.53 bits per heavy atom. The maximum atomic E-state index is 13.1. The predicted molar refractivity (Wildman–Crippen MR) is 130 cm³/mol. The fraction of sp³-hybridized carbons (Fsp3) is 0.154. The highest BCUT2D eigenvalue weighted by Crippen LogP contribution is 2.38. The summed E-state index contributed by atoms with van der Waals surface area (Å²) in [6.45, 7) is 2.43. The normalized spacial score (nSPS) is 14.5. The minimum Gasteiger partial charge on any atom is -0.493 e. The lowest BCUT2D eigenvalue weighted by Gasteiger charge is -2.14. The van der Waals surface area contributed by atoms with Crippen LogP contribution < -0.4 is 14.8 Å². The molecule has 1 N–H and O–H groups in total. The maximum Gasteiger partial charge on any atom is 0.329 e. The molecule has 0 bridgehead atoms. The standard InChI is InChI=1S/C26H22BrFN2O4/c1-16-4-3-5-18(10-16)15-34-24-21(27)11-19(13-23(24)33-2)12-22-25(31)30(26(32)29-22)14-17-6-8-20(28)9-7-17/h3-13H,14-15H2,1-2H3,(H,29,32)/b22-12+. The van der Waals surface area contributed by atoms with E-state index < -0.39 is 11.9 Å². The smallest absolute Gasteiger partial charge is 0.329 e. The molecule has 3 aromatic carbocycles. The number of hydrogen-bond donors (Lipinski definition) is 1. The van der Waals surface area contributed by atoms with Gasteiger partial charge in [0.1, 0.15) is 18.1 Å². The molecule has 1 aliphatic rings. The van der Waals surface area contributed by atoms with Gasteiger partial charge in [-0.05, 0) is 69.9 Å². The minimum absolute atomic E-state index is 0.0427. The fourth-order valence-electron chi connectivity index (χ4n) is 3.57. The maximum absolute atomic E-state index is 13.1. The minimum atomic E-state index is -0.537. The molecule has 0 atom stereocenters. The van der Waals surface area contributed by atoms with Crippen molar-refractivity contribution in [2.24, 2.45) is 0 Å². The van der Waals surface area contributed by atoms with Crippen LogP contribution in [0.25, 0.3) is 6.08 Å². The molecule has 1 saturated heterocycles. The van der Waals surface area contributed by atoms with Gasteiger partial charge in [0, 0.05) is 0 Å². The summed E-state index contributed by atoms with van der Waals surface area (Å²) in [6.07, 6.45) is 1.57. The van der Waals surface area contributed by atoms with Crippen LogP contribution in [0.2, 0.25) is 0 Å². The first-order valence-electron chi connectivity index (χ1n) is 10.5. The van der Waals surface area contributed by atoms with Gasteiger partial charge in [0.15, 0.2) is 11.5 Å². The second kappa shape index (κ2) is 10.1. The number of urea groups is 1. The molecule has 34 heavy (non-hydrogen) atoms. The molecule has 1 heterocycles. The third-order valence-corrected chi connectivity index (χ3v) is 5.83. The Bertz CT molecular complexity index is 1270. The van der Waals surface area contributed by atoms with Gasteiger partial charge in [0.05, 0.1) is 18.1 Å². The van der Waals surface area contributed by atoms with E-state index in [1.165, 1.54) is 31.4 Å². The van der Waals surface area contributed by atoms with E-state index >= 15 is 0 Å². The van der Waals surface area contributed by atoms with Crippen LogP contribution in [0, 0.1) is 12.7 Å². The number of carbonyl (C=O) groups is 2. The highest BCUT2D eigenvalue weighted by atomic mass is 79.9. The molecule has 0 aromatic heterocycles. The third kappa shape index (κ3) is 5.28. The van der Waals surface area contributed by atoms with Crippen LogP contribution >= 0.6 is 15.9 Å². The van der Waals surface area contributed by atoms with Gasteiger partial charge in [0.2, 0.25) is 0 Å². The van der Waals surface area contributed by atoms with Crippen molar-refractivity contribution in [3.8, 4) is 11.5 Å². The SMILES string of the molecule is COc1cc(/C=C2/NC(=O)N(Cc3ccc(F)cc3)C2=O)cc(Br)c1OCc1cccc(C)c1. The number of methoxy groups -OCH3 is 1. The number of ether oxygens (including phenoxy) is 2. The van der Waals surface area contributed by atoms with E-state index in [2.05, 4.69) is 21.2 Å². The molecule has 1 aliphatic heterocycles. The number of nitrogens with zero attached hydrogens (tertiary/aromatic N) is 1. The largest absolute Gasteiger partial charge is 0.493 e. The average Bonchev–Trinajstić information content (AvgIpc) is 3.06. The molecule has 0 saturated carbocycles. The van der Waals surface area contributed by atoms with Gasteiger partial charge in [-0.1, -0.05) is 42.0 Å². The second-order valence-corrected chi connectivity index (χ2v) is 8.67. The summed E-state index contributed by atoms with van der Waals surface area (Å²) in [4.78, 5) is 26.3. The first-order valence-corrected chi connectivity index (χ1v) is 11.3. The van der Waals surface area contributed by atoms with Crippen LogP contribution in [0.5, 0.6) is 11.5 Å². The molecule has 8 heteroatoms. The topological polar surface area (TPSA) is 67.9 Å². The van der Waals surface area contributed by atoms with Crippen molar-refractivity contribution in [2.45, 2.75) is 20.1 Å². The van der Waals surface area contributed by atoms with E-state index in [0.717, 1.165) is 16.0 Å². The van der Waals surface area contributed by atoms with Crippen molar-refractivity contribution in [1.29, 1.82) is 0 Å². The number of nitrogens with one attached hydrogen (secondary N) is 1. The van der Waals surface area contributed by atoms with Gasteiger partial charge in [-0.15, -0.1) is 0 Å². The molecule has 174 valence electrons. The first-order chi connectivity index (χ1) is 16.3. The fourth-order valence-corrected chi connectivity index (χ4v) is 4.15. The van der Waals surface area contributed by atoms with E-state index in [9.17, 15) is 14.0 Å². The summed E-state index contributed by atoms with van der Waals surface area (Å²) in [5.41, 5.74) is 3.59. The summed E-state index contributed by atoms with van der Waals surface area (Å²) < 4.78 is 25.3. The first kappa shape index (κ1) is 23.5. The van der Waals surface area contributed by atoms with Crippen molar-refractivity contribution in [2.75, 3.05) is 7.11 Å². The van der Waals surface area contributed by atoms with E-state index in [1.807, 2.05) is 31.2 Å². The highest BCUT2D eigenvalue weighted by molar-refractivity contribution is 9.10. The lowest BCUT2D eigenvalue weighted by molar-refractivity contribution is -0.123. The van der Waals surface area contributed by atoms with E-state index in [4.69, 9.17) is 9.47 Å². The summed E-state index contributed by atoms with van der Waals surface area (Å²) >= 11 is 3.52. The van der Waals surface area contributed by atoms with Gasteiger partial charge in [-0.25, -0.2) is 9.18 Å². The molecule has 4 rings (SSSR count). The van der Waals surface area contributed by atoms with Gasteiger partial charge in [-0.2, -0.15) is 0 Å². The van der Waals surface area contributed by atoms with Crippen LogP contribution in [0.1, 0.15) is 22.3 Å². The third-order valence-electron chi connectivity index (χ3n) is 5.24. The van der Waals surface area contributed by atoms with Gasteiger partial charge < -0.3 is 14.8 Å². The molecule has 6 nitrogen and oxygen atoms in total. The molecule has 3 aromatic rings. The Kier molecular flexibility index (Phi) is 6.98. The summed E-state index contributed by atoms with van der Waals surface area (Å²) in [6, 6.07) is 16.6. The number of amides is 3. The number of rotatable bonds is 7. The summed E-state index contributed by atoms with van der Waals surface area (Å²) in [5.74, 6) is 0.163. The zero-order valence-corrected chi connectivity index (χ0v) is 20.2.